The Kier molecular flexibility index (Phi) is 22.0. The molecule has 0 rings (SSSR count). The third kappa shape index (κ3) is 22.7. The van der Waals surface area contributed by atoms with Crippen LogP contribution in [0.25, 0.3) is 0 Å². The van der Waals surface area contributed by atoms with Crippen molar-refractivity contribution in [3.8, 4) is 0 Å². The highest BCUT2D eigenvalue weighted by atomic mass is 127. The molecule has 0 aliphatic rings. The van der Waals surface area contributed by atoms with E-state index in [-0.39, 0.29) is 59.9 Å². The lowest BCUT2D eigenvalue weighted by atomic mass is 10.8. The minimum absolute atomic E-state index is 0. The molecule has 0 saturated carbocycles. The number of rotatable bonds is 0. The van der Waals surface area contributed by atoms with Crippen molar-refractivity contribution in [3.05, 3.63) is 0 Å². The fourth-order valence-corrected chi connectivity index (χ4v) is 0. The van der Waals surface area contributed by atoms with Gasteiger partial charge in [-0.1, -0.05) is 0 Å². The molecule has 0 aliphatic heterocycles. The fraction of sp³-hybridized carbons (Fsp3) is 0.667. The van der Waals surface area contributed by atoms with Gasteiger partial charge in [-0.2, -0.15) is 0 Å². The van der Waals surface area contributed by atoms with Gasteiger partial charge in [-0.15, -0.1) is 48.0 Å². The molecular weight excluding hydrogens is 410 g/mol. The molecule has 0 aromatic heterocycles. The monoisotopic (exact) mass is 430 g/mol. The van der Waals surface area contributed by atoms with E-state index < -0.39 is 0 Å². The van der Waals surface area contributed by atoms with Gasteiger partial charge in [0, 0.05) is 28.2 Å². The van der Waals surface area contributed by atoms with Crippen LogP contribution in [0.3, 0.4) is 0 Å². The molecule has 0 aromatic carbocycles. The first-order valence-electron chi connectivity index (χ1n) is 3.31. The van der Waals surface area contributed by atoms with Gasteiger partial charge in [-0.05, 0) is 0 Å². The summed E-state index contributed by atoms with van der Waals surface area (Å²) in [5, 5.41) is 13.3. The van der Waals surface area contributed by atoms with Crippen molar-refractivity contribution < 1.29 is 0 Å². The Bertz CT molecular complexity index is 140. The number of nitrogens with two attached hydrogens (primary N) is 2. The van der Waals surface area contributed by atoms with Gasteiger partial charge >= 0.3 is 0 Å². The van der Waals surface area contributed by atoms with Crippen molar-refractivity contribution in [2.24, 2.45) is 11.5 Å². The van der Waals surface area contributed by atoms with E-state index in [4.69, 9.17) is 22.3 Å². The molecule has 0 radical (unpaired) electrons. The van der Waals surface area contributed by atoms with Crippen LogP contribution in [0.5, 0.6) is 0 Å². The first-order chi connectivity index (χ1) is 5.29. The van der Waals surface area contributed by atoms with Crippen molar-refractivity contribution in [2.45, 2.75) is 0 Å². The molecule has 0 heterocycles. The van der Waals surface area contributed by atoms with Crippen LogP contribution >= 0.6 is 48.0 Å². The van der Waals surface area contributed by atoms with Crippen LogP contribution in [-0.2, 0) is 0 Å². The number of guanidine groups is 2. The molecular formula is C6H20I2N6. The minimum atomic E-state index is 0. The maximum atomic E-state index is 6.65. The molecule has 88 valence electrons. The quantitative estimate of drug-likeness (QED) is 0.249. The van der Waals surface area contributed by atoms with Crippen LogP contribution < -0.4 is 11.5 Å². The zero-order valence-corrected chi connectivity index (χ0v) is 13.5. The first-order valence-corrected chi connectivity index (χ1v) is 3.31. The molecule has 14 heavy (non-hydrogen) atoms. The number of hydrogen-bond acceptors (Lipinski definition) is 2. The van der Waals surface area contributed by atoms with Gasteiger partial charge in [-0.3, -0.25) is 10.8 Å². The van der Waals surface area contributed by atoms with Gasteiger partial charge in [0.2, 0.25) is 0 Å². The Morgan fingerprint density at radius 3 is 0.857 bits per heavy atom. The van der Waals surface area contributed by atoms with E-state index in [0.717, 1.165) is 0 Å². The fourth-order valence-electron chi connectivity index (χ4n) is 0. The number of nitrogens with zero attached hydrogens (tertiary/aromatic N) is 2. The minimum Gasteiger partial charge on any atom is -0.370 e. The highest BCUT2D eigenvalue weighted by Crippen LogP contribution is 1.63. The zero-order valence-electron chi connectivity index (χ0n) is 8.87. The summed E-state index contributed by atoms with van der Waals surface area (Å²) < 4.78 is 0. The maximum Gasteiger partial charge on any atom is 0.187 e. The summed E-state index contributed by atoms with van der Waals surface area (Å²) in [5.74, 6) is 0.185. The normalized spacial score (nSPS) is 6.57. The van der Waals surface area contributed by atoms with E-state index in [9.17, 15) is 0 Å². The summed E-state index contributed by atoms with van der Waals surface area (Å²) >= 11 is 0. The van der Waals surface area contributed by atoms with Crippen molar-refractivity contribution in [1.82, 2.24) is 9.80 Å². The second kappa shape index (κ2) is 13.0. The van der Waals surface area contributed by atoms with E-state index in [1.807, 2.05) is 0 Å². The molecule has 0 fully saturated rings. The lowest BCUT2D eigenvalue weighted by molar-refractivity contribution is 0.609. The van der Waals surface area contributed by atoms with Gasteiger partial charge in [0.1, 0.15) is 0 Å². The Balaban J connectivity index is -0.0000000625. The number of halogens is 2. The summed E-state index contributed by atoms with van der Waals surface area (Å²) in [4.78, 5) is 3.06. The summed E-state index contributed by atoms with van der Waals surface area (Å²) in [7, 11) is 6.90. The average molecular weight is 430 g/mol. The largest absolute Gasteiger partial charge is 0.370 e. The second-order valence-corrected chi connectivity index (χ2v) is 2.56. The molecule has 0 unspecified atom stereocenters. The van der Waals surface area contributed by atoms with E-state index >= 15 is 0 Å². The lowest BCUT2D eigenvalue weighted by Gasteiger charge is -2.05. The van der Waals surface area contributed by atoms with Crippen molar-refractivity contribution >= 4 is 59.9 Å². The highest BCUT2D eigenvalue weighted by molar-refractivity contribution is 14.0. The molecule has 0 saturated heterocycles. The third-order valence-electron chi connectivity index (χ3n) is 0.964. The van der Waals surface area contributed by atoms with Crippen LogP contribution in [0.1, 0.15) is 0 Å². The van der Waals surface area contributed by atoms with Crippen LogP contribution in [0.4, 0.5) is 0 Å². The summed E-state index contributed by atoms with van der Waals surface area (Å²) in [6, 6.07) is 0. The topological polar surface area (TPSA) is 106 Å². The Hall–Kier alpha value is 0. The standard InChI is InChI=1S/2C3H9N3.2HI/c2*1-6(2)3(4)5;;/h2*1-2H3,(H3,4,5);2*1H. The molecule has 0 aromatic rings. The van der Waals surface area contributed by atoms with E-state index in [0.29, 0.717) is 0 Å². The zero-order chi connectivity index (χ0) is 10.3. The van der Waals surface area contributed by atoms with Crippen LogP contribution in [0.2, 0.25) is 0 Å². The predicted octanol–water partition coefficient (Wildman–Crippen LogP) is 0.119. The first kappa shape index (κ1) is 23.7. The smallest absolute Gasteiger partial charge is 0.187 e. The van der Waals surface area contributed by atoms with Crippen molar-refractivity contribution in [3.63, 3.8) is 0 Å². The Morgan fingerprint density at radius 2 is 0.857 bits per heavy atom. The lowest BCUT2D eigenvalue weighted by Crippen LogP contribution is -2.28. The molecule has 0 amide bonds. The molecule has 0 aliphatic carbocycles. The predicted molar refractivity (Wildman–Crippen MR) is 82.0 cm³/mol. The molecule has 6 N–H and O–H groups in total. The van der Waals surface area contributed by atoms with Crippen molar-refractivity contribution in [2.75, 3.05) is 28.2 Å². The number of hydrogen-bond donors (Lipinski definition) is 4. The second-order valence-electron chi connectivity index (χ2n) is 2.56. The summed E-state index contributed by atoms with van der Waals surface area (Å²) in [5.41, 5.74) is 9.89. The SMILES string of the molecule is CN(C)C(=N)N.CN(C)C(=N)N.I.I. The summed E-state index contributed by atoms with van der Waals surface area (Å²) in [6.07, 6.45) is 0. The van der Waals surface area contributed by atoms with Gasteiger partial charge in [0.05, 0.1) is 0 Å². The highest BCUT2D eigenvalue weighted by Gasteiger charge is 1.83. The molecule has 8 heteroatoms. The van der Waals surface area contributed by atoms with Crippen molar-refractivity contribution in [1.29, 1.82) is 10.8 Å². The van der Waals surface area contributed by atoms with Crippen LogP contribution in [-0.4, -0.2) is 49.9 Å². The average Bonchev–Trinajstić information content (AvgIpc) is 1.88. The van der Waals surface area contributed by atoms with Gasteiger partial charge in [0.25, 0.3) is 0 Å². The van der Waals surface area contributed by atoms with Gasteiger partial charge in [0.15, 0.2) is 11.9 Å². The maximum absolute atomic E-state index is 6.65. The van der Waals surface area contributed by atoms with Crippen LogP contribution in [0, 0.1) is 10.8 Å². The summed E-state index contributed by atoms with van der Waals surface area (Å²) in [6.45, 7) is 0. The molecule has 0 spiro atoms. The van der Waals surface area contributed by atoms with Gasteiger partial charge < -0.3 is 21.3 Å². The van der Waals surface area contributed by atoms with E-state index in [1.54, 1.807) is 28.2 Å². The molecule has 0 atom stereocenters. The van der Waals surface area contributed by atoms with E-state index in [2.05, 4.69) is 0 Å². The van der Waals surface area contributed by atoms with E-state index in [1.165, 1.54) is 9.80 Å². The molecule has 0 bridgehead atoms. The Labute approximate surface area is 119 Å². The van der Waals surface area contributed by atoms with Gasteiger partial charge in [-0.25, -0.2) is 0 Å². The number of nitrogens with one attached hydrogen (secondary N) is 2. The Morgan fingerprint density at radius 1 is 0.786 bits per heavy atom. The van der Waals surface area contributed by atoms with Crippen LogP contribution in [0.15, 0.2) is 0 Å². The third-order valence-corrected chi connectivity index (χ3v) is 0.964. The molecule has 6 nitrogen and oxygen atoms in total.